The molecular formula is C33H39NO4. The van der Waals surface area contributed by atoms with E-state index in [4.69, 9.17) is 14.2 Å². The predicted octanol–water partition coefficient (Wildman–Crippen LogP) is 7.86. The molecule has 0 aliphatic rings. The summed E-state index contributed by atoms with van der Waals surface area (Å²) < 4.78 is 17.1. The van der Waals surface area contributed by atoms with Crippen LogP contribution in [-0.2, 0) is 0 Å². The van der Waals surface area contributed by atoms with Crippen LogP contribution in [0.25, 0.3) is 0 Å². The van der Waals surface area contributed by atoms with E-state index < -0.39 is 5.97 Å². The fourth-order valence-electron chi connectivity index (χ4n) is 3.59. The monoisotopic (exact) mass is 513 g/mol. The number of carbonyl (C=O) groups is 1. The van der Waals surface area contributed by atoms with Gasteiger partial charge in [-0.1, -0.05) is 71.1 Å². The van der Waals surface area contributed by atoms with Gasteiger partial charge in [0.05, 0.1) is 18.8 Å². The van der Waals surface area contributed by atoms with Crippen molar-refractivity contribution in [3.8, 4) is 29.2 Å². The normalized spacial score (nSPS) is 11.2. The first-order chi connectivity index (χ1) is 18.6. The second kappa shape index (κ2) is 16.1. The van der Waals surface area contributed by atoms with Gasteiger partial charge in [-0.25, -0.2) is 9.78 Å². The molecule has 0 unspecified atom stereocenters. The van der Waals surface area contributed by atoms with Crippen molar-refractivity contribution in [1.82, 2.24) is 4.98 Å². The zero-order valence-corrected chi connectivity index (χ0v) is 22.9. The highest BCUT2D eigenvalue weighted by atomic mass is 16.5. The lowest BCUT2D eigenvalue weighted by atomic mass is 10.1. The molecule has 2 aromatic carbocycles. The van der Waals surface area contributed by atoms with Crippen LogP contribution in [0.15, 0.2) is 66.9 Å². The molecule has 1 aromatic heterocycles. The molecular weight excluding hydrogens is 474 g/mol. The van der Waals surface area contributed by atoms with Crippen molar-refractivity contribution in [2.24, 2.45) is 5.92 Å². The largest absolute Gasteiger partial charge is 0.494 e. The minimum absolute atomic E-state index is 0.409. The van der Waals surface area contributed by atoms with E-state index in [1.54, 1.807) is 30.5 Å². The molecule has 0 fully saturated rings. The Kier molecular flexibility index (Phi) is 12.2. The molecule has 38 heavy (non-hydrogen) atoms. The number of rotatable bonds is 14. The van der Waals surface area contributed by atoms with Gasteiger partial charge in [-0.3, -0.25) is 0 Å². The van der Waals surface area contributed by atoms with Gasteiger partial charge in [-0.15, -0.1) is 0 Å². The molecule has 3 aromatic rings. The summed E-state index contributed by atoms with van der Waals surface area (Å²) in [6, 6.07) is 17.9. The van der Waals surface area contributed by atoms with E-state index >= 15 is 0 Å². The van der Waals surface area contributed by atoms with Gasteiger partial charge in [0.1, 0.15) is 11.5 Å². The van der Waals surface area contributed by atoms with Crippen molar-refractivity contribution < 1.29 is 19.0 Å². The minimum atomic E-state index is -0.409. The molecule has 0 spiro atoms. The Labute approximate surface area is 227 Å². The molecule has 0 amide bonds. The lowest BCUT2D eigenvalue weighted by Crippen LogP contribution is -2.08. The summed E-state index contributed by atoms with van der Waals surface area (Å²) in [5.74, 6) is 8.14. The van der Waals surface area contributed by atoms with E-state index in [-0.39, 0.29) is 0 Å². The molecule has 1 heterocycles. The molecule has 0 bridgehead atoms. The van der Waals surface area contributed by atoms with E-state index in [9.17, 15) is 4.79 Å². The van der Waals surface area contributed by atoms with Gasteiger partial charge in [0.25, 0.3) is 0 Å². The van der Waals surface area contributed by atoms with Crippen LogP contribution in [0.1, 0.15) is 87.2 Å². The maximum absolute atomic E-state index is 12.5. The van der Waals surface area contributed by atoms with Gasteiger partial charge in [0, 0.05) is 23.4 Å². The van der Waals surface area contributed by atoms with Crippen LogP contribution < -0.4 is 14.2 Å². The van der Waals surface area contributed by atoms with Gasteiger partial charge >= 0.3 is 5.97 Å². The van der Waals surface area contributed by atoms with Crippen LogP contribution in [0.2, 0.25) is 0 Å². The van der Waals surface area contributed by atoms with Crippen LogP contribution in [0.5, 0.6) is 17.4 Å². The fraction of sp³-hybridized carbons (Fsp3) is 0.394. The predicted molar refractivity (Wildman–Crippen MR) is 152 cm³/mol. The molecule has 5 nitrogen and oxygen atoms in total. The van der Waals surface area contributed by atoms with E-state index in [0.717, 1.165) is 29.7 Å². The average Bonchev–Trinajstić information content (AvgIpc) is 2.95. The van der Waals surface area contributed by atoms with E-state index in [0.29, 0.717) is 36.3 Å². The number of benzene rings is 2. The third-order valence-electron chi connectivity index (χ3n) is 6.22. The van der Waals surface area contributed by atoms with Crippen molar-refractivity contribution in [3.05, 3.63) is 83.6 Å². The number of esters is 1. The summed E-state index contributed by atoms with van der Waals surface area (Å²) in [5.41, 5.74) is 2.12. The summed E-state index contributed by atoms with van der Waals surface area (Å²) >= 11 is 0. The first-order valence-electron chi connectivity index (χ1n) is 13.7. The van der Waals surface area contributed by atoms with Crippen molar-refractivity contribution in [3.63, 3.8) is 0 Å². The molecule has 5 heteroatoms. The lowest BCUT2D eigenvalue weighted by molar-refractivity contribution is 0.0734. The molecule has 200 valence electrons. The molecule has 0 saturated carbocycles. The van der Waals surface area contributed by atoms with Gasteiger partial charge in [-0.2, -0.15) is 0 Å². The zero-order chi connectivity index (χ0) is 27.0. The van der Waals surface area contributed by atoms with Gasteiger partial charge in [0.2, 0.25) is 5.88 Å². The van der Waals surface area contributed by atoms with Crippen molar-refractivity contribution in [1.29, 1.82) is 0 Å². The van der Waals surface area contributed by atoms with Gasteiger partial charge in [-0.05, 0) is 66.9 Å². The van der Waals surface area contributed by atoms with E-state index in [1.165, 1.54) is 32.1 Å². The van der Waals surface area contributed by atoms with Gasteiger partial charge < -0.3 is 14.2 Å². The van der Waals surface area contributed by atoms with Crippen molar-refractivity contribution in [2.45, 2.75) is 65.7 Å². The molecule has 0 saturated heterocycles. The highest BCUT2D eigenvalue weighted by Gasteiger charge is 2.09. The molecule has 1 atom stereocenters. The molecule has 0 radical (unpaired) electrons. The third kappa shape index (κ3) is 10.3. The second-order valence-electron chi connectivity index (χ2n) is 9.51. The maximum Gasteiger partial charge on any atom is 0.343 e. The first-order valence-corrected chi connectivity index (χ1v) is 13.7. The zero-order valence-electron chi connectivity index (χ0n) is 22.9. The number of pyridine rings is 1. The summed E-state index contributed by atoms with van der Waals surface area (Å²) in [4.78, 5) is 16.8. The summed E-state index contributed by atoms with van der Waals surface area (Å²) in [7, 11) is 0. The van der Waals surface area contributed by atoms with Crippen LogP contribution in [0.4, 0.5) is 0 Å². The number of ether oxygens (including phenoxy) is 3. The standard InChI is InChI=1S/C33H39NO4/c1-4-6-7-8-9-10-23-36-30-19-15-29(16-20-30)33(35)38-31-17-13-27(14-18-31)11-12-28-21-22-34-32(24-28)37-25-26(3)5-2/h13-22,24,26H,4-10,23,25H2,1-3H3/t26-/m0/s1. The lowest BCUT2D eigenvalue weighted by Gasteiger charge is -2.09. The van der Waals surface area contributed by atoms with Crippen molar-refractivity contribution >= 4 is 5.97 Å². The van der Waals surface area contributed by atoms with E-state index in [2.05, 4.69) is 37.6 Å². The van der Waals surface area contributed by atoms with Crippen LogP contribution in [0, 0.1) is 17.8 Å². The topological polar surface area (TPSA) is 57.7 Å². The van der Waals surface area contributed by atoms with Crippen LogP contribution in [-0.4, -0.2) is 24.2 Å². The Morgan fingerprint density at radius 3 is 2.24 bits per heavy atom. The number of hydrogen-bond acceptors (Lipinski definition) is 5. The summed E-state index contributed by atoms with van der Waals surface area (Å²) in [5, 5.41) is 0. The number of carbonyl (C=O) groups excluding carboxylic acids is 1. The second-order valence-corrected chi connectivity index (χ2v) is 9.51. The number of aromatic nitrogens is 1. The Morgan fingerprint density at radius 1 is 0.816 bits per heavy atom. The van der Waals surface area contributed by atoms with Crippen LogP contribution >= 0.6 is 0 Å². The SMILES string of the molecule is CCCCCCCCOc1ccc(C(=O)Oc2ccc(C#Cc3ccnc(OC[C@@H](C)CC)c3)cc2)cc1. The number of nitrogens with zero attached hydrogens (tertiary/aromatic N) is 1. The van der Waals surface area contributed by atoms with Crippen molar-refractivity contribution in [2.75, 3.05) is 13.2 Å². The fourth-order valence-corrected chi connectivity index (χ4v) is 3.59. The molecule has 3 rings (SSSR count). The van der Waals surface area contributed by atoms with Crippen LogP contribution in [0.3, 0.4) is 0 Å². The molecule has 0 aliphatic heterocycles. The smallest absolute Gasteiger partial charge is 0.343 e. The number of hydrogen-bond donors (Lipinski definition) is 0. The maximum atomic E-state index is 12.5. The molecule has 0 N–H and O–H groups in total. The van der Waals surface area contributed by atoms with E-state index in [1.807, 2.05) is 36.4 Å². The average molecular weight is 514 g/mol. The first kappa shape index (κ1) is 28.8. The number of unbranched alkanes of at least 4 members (excludes halogenated alkanes) is 5. The molecule has 0 aliphatic carbocycles. The van der Waals surface area contributed by atoms with Gasteiger partial charge in [0.15, 0.2) is 0 Å². The quantitative estimate of drug-likeness (QED) is 0.0950. The Bertz CT molecular complexity index is 1180. The Morgan fingerprint density at radius 2 is 1.50 bits per heavy atom. The third-order valence-corrected chi connectivity index (χ3v) is 6.22. The Balaban J connectivity index is 1.46. The minimum Gasteiger partial charge on any atom is -0.494 e. The highest BCUT2D eigenvalue weighted by molar-refractivity contribution is 5.91. The summed E-state index contributed by atoms with van der Waals surface area (Å²) in [6.45, 7) is 7.84. The highest BCUT2D eigenvalue weighted by Crippen LogP contribution is 2.18. The Hall–Kier alpha value is -3.78. The summed E-state index contributed by atoms with van der Waals surface area (Å²) in [6.07, 6.45) is 10.1.